The Labute approximate surface area is 114 Å². The minimum absolute atomic E-state index is 0.675. The molecular formula is C15H22N2O2. The van der Waals surface area contributed by atoms with Crippen molar-refractivity contribution in [2.24, 2.45) is 0 Å². The van der Waals surface area contributed by atoms with Crippen molar-refractivity contribution < 1.29 is 9.47 Å². The van der Waals surface area contributed by atoms with Crippen molar-refractivity contribution in [2.45, 2.75) is 34.1 Å². The van der Waals surface area contributed by atoms with Gasteiger partial charge in [0.2, 0.25) is 0 Å². The fourth-order valence-corrected chi connectivity index (χ4v) is 1.68. The van der Waals surface area contributed by atoms with E-state index in [9.17, 15) is 0 Å². The maximum Gasteiger partial charge on any atom is 0.162 e. The standard InChI is InChI=1S/C13H16N2O2.C2H6/c1-4-5-17-13-6-10-9(2)14-8-15-11(10)7-12(13)16-3;1-2/h6-8H,4-5H2,1-3H3;1-2H3. The average Bonchev–Trinajstić information content (AvgIpc) is 2.47. The van der Waals surface area contributed by atoms with Gasteiger partial charge in [0.25, 0.3) is 0 Å². The third-order valence-corrected chi connectivity index (χ3v) is 2.58. The summed E-state index contributed by atoms with van der Waals surface area (Å²) in [6.45, 7) is 8.70. The SMILES string of the molecule is CC.CCCOc1cc2c(C)ncnc2cc1OC. The van der Waals surface area contributed by atoms with Gasteiger partial charge in [-0.25, -0.2) is 9.97 Å². The van der Waals surface area contributed by atoms with Crippen molar-refractivity contribution >= 4 is 10.9 Å². The molecule has 0 atom stereocenters. The third-order valence-electron chi connectivity index (χ3n) is 2.58. The lowest BCUT2D eigenvalue weighted by molar-refractivity contribution is 0.295. The Bertz CT molecular complexity index is 527. The molecule has 2 rings (SSSR count). The molecule has 0 amide bonds. The van der Waals surface area contributed by atoms with Gasteiger partial charge in [-0.1, -0.05) is 20.8 Å². The first kappa shape index (κ1) is 15.2. The summed E-state index contributed by atoms with van der Waals surface area (Å²) >= 11 is 0. The van der Waals surface area contributed by atoms with Crippen LogP contribution in [0.5, 0.6) is 11.5 Å². The van der Waals surface area contributed by atoms with Crippen molar-refractivity contribution in [3.05, 3.63) is 24.2 Å². The summed E-state index contributed by atoms with van der Waals surface area (Å²) in [5.74, 6) is 1.46. The first-order chi connectivity index (χ1) is 9.26. The summed E-state index contributed by atoms with van der Waals surface area (Å²) in [7, 11) is 1.63. The van der Waals surface area contributed by atoms with E-state index in [2.05, 4.69) is 16.9 Å². The quantitative estimate of drug-likeness (QED) is 0.841. The Balaban J connectivity index is 0.000000861. The molecule has 1 aromatic heterocycles. The molecule has 0 N–H and O–H groups in total. The number of ether oxygens (including phenoxy) is 2. The summed E-state index contributed by atoms with van der Waals surface area (Å²) in [5, 5.41) is 0.999. The molecule has 4 nitrogen and oxygen atoms in total. The second-order valence-electron chi connectivity index (χ2n) is 3.83. The van der Waals surface area contributed by atoms with E-state index in [0.717, 1.165) is 28.8 Å². The Morgan fingerprint density at radius 2 is 1.84 bits per heavy atom. The number of hydrogen-bond acceptors (Lipinski definition) is 4. The maximum absolute atomic E-state index is 5.66. The molecule has 0 aliphatic heterocycles. The number of rotatable bonds is 4. The predicted molar refractivity (Wildman–Crippen MR) is 78.0 cm³/mol. The van der Waals surface area contributed by atoms with E-state index in [1.165, 1.54) is 0 Å². The van der Waals surface area contributed by atoms with Crippen LogP contribution in [0.3, 0.4) is 0 Å². The third kappa shape index (κ3) is 3.56. The van der Waals surface area contributed by atoms with Crippen LogP contribution in [0, 0.1) is 6.92 Å². The van der Waals surface area contributed by atoms with Crippen molar-refractivity contribution in [2.75, 3.05) is 13.7 Å². The van der Waals surface area contributed by atoms with E-state index in [1.54, 1.807) is 13.4 Å². The zero-order chi connectivity index (χ0) is 14.3. The van der Waals surface area contributed by atoms with Crippen molar-refractivity contribution in [1.29, 1.82) is 0 Å². The summed E-state index contributed by atoms with van der Waals surface area (Å²) < 4.78 is 11.0. The molecular weight excluding hydrogens is 240 g/mol. The summed E-state index contributed by atoms with van der Waals surface area (Å²) in [6.07, 6.45) is 2.52. The van der Waals surface area contributed by atoms with E-state index in [1.807, 2.05) is 32.9 Å². The number of methoxy groups -OCH3 is 1. The van der Waals surface area contributed by atoms with Crippen LogP contribution in [-0.2, 0) is 0 Å². The minimum Gasteiger partial charge on any atom is -0.493 e. The molecule has 4 heteroatoms. The van der Waals surface area contributed by atoms with Gasteiger partial charge in [-0.05, 0) is 19.4 Å². The molecule has 2 aromatic rings. The molecule has 0 saturated heterocycles. The van der Waals surface area contributed by atoms with Gasteiger partial charge in [0, 0.05) is 17.1 Å². The van der Waals surface area contributed by atoms with E-state index in [4.69, 9.17) is 9.47 Å². The Hall–Kier alpha value is -1.84. The Morgan fingerprint density at radius 3 is 2.47 bits per heavy atom. The van der Waals surface area contributed by atoms with Crippen molar-refractivity contribution in [3.63, 3.8) is 0 Å². The maximum atomic E-state index is 5.66. The molecule has 19 heavy (non-hydrogen) atoms. The smallest absolute Gasteiger partial charge is 0.162 e. The van der Waals surface area contributed by atoms with E-state index >= 15 is 0 Å². The number of hydrogen-bond donors (Lipinski definition) is 0. The second kappa shape index (κ2) is 7.56. The van der Waals surface area contributed by atoms with Gasteiger partial charge in [0.05, 0.1) is 19.2 Å². The highest BCUT2D eigenvalue weighted by Gasteiger charge is 2.09. The van der Waals surface area contributed by atoms with Crippen LogP contribution >= 0.6 is 0 Å². The molecule has 0 fully saturated rings. The van der Waals surface area contributed by atoms with Gasteiger partial charge in [-0.3, -0.25) is 0 Å². The van der Waals surface area contributed by atoms with Gasteiger partial charge >= 0.3 is 0 Å². The summed E-state index contributed by atoms with van der Waals surface area (Å²) in [6, 6.07) is 3.83. The molecule has 1 aromatic carbocycles. The molecule has 0 saturated carbocycles. The van der Waals surface area contributed by atoms with Crippen LogP contribution in [-0.4, -0.2) is 23.7 Å². The van der Waals surface area contributed by atoms with Gasteiger partial charge < -0.3 is 9.47 Å². The highest BCUT2D eigenvalue weighted by molar-refractivity contribution is 5.84. The zero-order valence-electron chi connectivity index (χ0n) is 12.4. The van der Waals surface area contributed by atoms with Gasteiger partial charge in [0.1, 0.15) is 6.33 Å². The van der Waals surface area contributed by atoms with Gasteiger partial charge in [0.15, 0.2) is 11.5 Å². The molecule has 0 aliphatic rings. The Kier molecular flexibility index (Phi) is 6.06. The van der Waals surface area contributed by atoms with Crippen LogP contribution in [0.1, 0.15) is 32.9 Å². The van der Waals surface area contributed by atoms with Crippen LogP contribution in [0.4, 0.5) is 0 Å². The monoisotopic (exact) mass is 262 g/mol. The predicted octanol–water partition coefficient (Wildman–Crippen LogP) is 3.76. The first-order valence-electron chi connectivity index (χ1n) is 6.68. The lowest BCUT2D eigenvalue weighted by atomic mass is 10.2. The molecule has 0 spiro atoms. The molecule has 1 heterocycles. The van der Waals surface area contributed by atoms with Crippen molar-refractivity contribution in [3.8, 4) is 11.5 Å². The van der Waals surface area contributed by atoms with Crippen LogP contribution < -0.4 is 9.47 Å². The van der Waals surface area contributed by atoms with Crippen LogP contribution in [0.25, 0.3) is 10.9 Å². The first-order valence-corrected chi connectivity index (χ1v) is 6.68. The molecule has 0 aliphatic carbocycles. The van der Waals surface area contributed by atoms with Crippen LogP contribution in [0.15, 0.2) is 18.5 Å². The largest absolute Gasteiger partial charge is 0.493 e. The minimum atomic E-state index is 0.675. The Morgan fingerprint density at radius 1 is 1.11 bits per heavy atom. The number of aromatic nitrogens is 2. The fraction of sp³-hybridized carbons (Fsp3) is 0.467. The number of nitrogens with zero attached hydrogens (tertiary/aromatic N) is 2. The highest BCUT2D eigenvalue weighted by atomic mass is 16.5. The van der Waals surface area contributed by atoms with E-state index < -0.39 is 0 Å². The highest BCUT2D eigenvalue weighted by Crippen LogP contribution is 2.32. The molecule has 0 radical (unpaired) electrons. The van der Waals surface area contributed by atoms with Gasteiger partial charge in [-0.2, -0.15) is 0 Å². The number of fused-ring (bicyclic) bond motifs is 1. The molecule has 104 valence electrons. The number of aryl methyl sites for hydroxylation is 1. The zero-order valence-corrected chi connectivity index (χ0v) is 12.4. The average molecular weight is 262 g/mol. The number of benzene rings is 1. The lowest BCUT2D eigenvalue weighted by Gasteiger charge is -2.11. The molecule has 0 bridgehead atoms. The van der Waals surface area contributed by atoms with E-state index in [-0.39, 0.29) is 0 Å². The second-order valence-corrected chi connectivity index (χ2v) is 3.83. The van der Waals surface area contributed by atoms with E-state index in [0.29, 0.717) is 12.4 Å². The van der Waals surface area contributed by atoms with Crippen molar-refractivity contribution in [1.82, 2.24) is 9.97 Å². The summed E-state index contributed by atoms with van der Waals surface area (Å²) in [4.78, 5) is 8.40. The molecule has 0 unspecified atom stereocenters. The van der Waals surface area contributed by atoms with Crippen LogP contribution in [0.2, 0.25) is 0 Å². The van der Waals surface area contributed by atoms with Gasteiger partial charge in [-0.15, -0.1) is 0 Å². The fourth-order valence-electron chi connectivity index (χ4n) is 1.68. The topological polar surface area (TPSA) is 44.2 Å². The summed E-state index contributed by atoms with van der Waals surface area (Å²) in [5.41, 5.74) is 1.82. The lowest BCUT2D eigenvalue weighted by Crippen LogP contribution is -1.99. The normalized spacial score (nSPS) is 9.74.